The van der Waals surface area contributed by atoms with Crippen molar-refractivity contribution in [2.45, 2.75) is 32.2 Å². The maximum atomic E-state index is 10.8. The van der Waals surface area contributed by atoms with Gasteiger partial charge >= 0.3 is 5.97 Å². The fourth-order valence-corrected chi connectivity index (χ4v) is 1.76. The molecule has 6 nitrogen and oxygen atoms in total. The van der Waals surface area contributed by atoms with Crippen LogP contribution in [0.25, 0.3) is 0 Å². The van der Waals surface area contributed by atoms with Crippen LogP contribution in [0.15, 0.2) is 24.3 Å². The Hall–Kier alpha value is -2.11. The van der Waals surface area contributed by atoms with Crippen LogP contribution in [-0.2, 0) is 4.79 Å². The van der Waals surface area contributed by atoms with E-state index in [1.165, 1.54) is 6.07 Å². The molecule has 1 aromatic rings. The summed E-state index contributed by atoms with van der Waals surface area (Å²) in [4.78, 5) is 21.1. The van der Waals surface area contributed by atoms with Crippen LogP contribution in [0.2, 0.25) is 0 Å². The van der Waals surface area contributed by atoms with Gasteiger partial charge in [-0.15, -0.1) is 0 Å². The lowest BCUT2D eigenvalue weighted by molar-refractivity contribution is -0.384. The molecule has 0 amide bonds. The van der Waals surface area contributed by atoms with Crippen LogP contribution in [0.1, 0.15) is 26.2 Å². The third-order valence-corrected chi connectivity index (χ3v) is 2.52. The Bertz CT molecular complexity index is 434. The largest absolute Gasteiger partial charge is 0.481 e. The Balaban J connectivity index is 2.85. The fourth-order valence-electron chi connectivity index (χ4n) is 1.76. The number of benzene rings is 1. The van der Waals surface area contributed by atoms with Crippen molar-refractivity contribution in [3.8, 4) is 0 Å². The molecule has 98 valence electrons. The molecule has 1 rings (SSSR count). The molecular weight excluding hydrogens is 236 g/mol. The summed E-state index contributed by atoms with van der Waals surface area (Å²) in [6, 6.07) is 5.94. The van der Waals surface area contributed by atoms with Gasteiger partial charge in [0.1, 0.15) is 5.69 Å². The van der Waals surface area contributed by atoms with Gasteiger partial charge in [-0.05, 0) is 12.5 Å². The highest BCUT2D eigenvalue weighted by atomic mass is 16.6. The molecule has 0 aromatic heterocycles. The van der Waals surface area contributed by atoms with Gasteiger partial charge in [0.2, 0.25) is 0 Å². The van der Waals surface area contributed by atoms with Gasteiger partial charge in [-0.2, -0.15) is 0 Å². The van der Waals surface area contributed by atoms with E-state index in [1.54, 1.807) is 18.2 Å². The second kappa shape index (κ2) is 6.58. The molecule has 1 unspecified atom stereocenters. The standard InChI is InChI=1S/C12H16N2O4/c1-2-5-9(8-12(15)16)13-10-6-3-4-7-11(10)14(17)18/h3-4,6-7,9,13H,2,5,8H2,1H3,(H,15,16). The third kappa shape index (κ3) is 4.04. The van der Waals surface area contributed by atoms with Crippen molar-refractivity contribution >= 4 is 17.3 Å². The number of rotatable bonds is 7. The molecule has 0 saturated carbocycles. The van der Waals surface area contributed by atoms with Crippen LogP contribution < -0.4 is 5.32 Å². The van der Waals surface area contributed by atoms with Crippen molar-refractivity contribution in [2.24, 2.45) is 0 Å². The van der Waals surface area contributed by atoms with Crippen molar-refractivity contribution < 1.29 is 14.8 Å². The van der Waals surface area contributed by atoms with E-state index < -0.39 is 10.9 Å². The molecular formula is C12H16N2O4. The number of hydrogen-bond acceptors (Lipinski definition) is 4. The summed E-state index contributed by atoms with van der Waals surface area (Å²) < 4.78 is 0. The van der Waals surface area contributed by atoms with Crippen LogP contribution >= 0.6 is 0 Å². The maximum Gasteiger partial charge on any atom is 0.305 e. The first-order valence-corrected chi connectivity index (χ1v) is 5.76. The topological polar surface area (TPSA) is 92.5 Å². The number of nitro benzene ring substituents is 1. The Morgan fingerprint density at radius 1 is 1.50 bits per heavy atom. The predicted octanol–water partition coefficient (Wildman–Crippen LogP) is 2.65. The van der Waals surface area contributed by atoms with Crippen LogP contribution in [0.3, 0.4) is 0 Å². The van der Waals surface area contributed by atoms with E-state index in [-0.39, 0.29) is 18.2 Å². The quantitative estimate of drug-likeness (QED) is 0.574. The molecule has 0 fully saturated rings. The maximum absolute atomic E-state index is 10.8. The highest BCUT2D eigenvalue weighted by molar-refractivity contribution is 5.69. The summed E-state index contributed by atoms with van der Waals surface area (Å²) in [5.41, 5.74) is 0.325. The van der Waals surface area contributed by atoms with Gasteiger partial charge in [0.25, 0.3) is 5.69 Å². The zero-order valence-corrected chi connectivity index (χ0v) is 10.1. The fraction of sp³-hybridized carbons (Fsp3) is 0.417. The minimum absolute atomic E-state index is 0.0380. The lowest BCUT2D eigenvalue weighted by atomic mass is 10.1. The molecule has 0 saturated heterocycles. The number of carbonyl (C=O) groups is 1. The summed E-state index contributed by atoms with van der Waals surface area (Å²) in [6.45, 7) is 1.94. The summed E-state index contributed by atoms with van der Waals surface area (Å²) in [5, 5.41) is 22.6. The number of nitrogens with zero attached hydrogens (tertiary/aromatic N) is 1. The SMILES string of the molecule is CCCC(CC(=O)O)Nc1ccccc1[N+](=O)[O-]. The van der Waals surface area contributed by atoms with Crippen LogP contribution in [0.4, 0.5) is 11.4 Å². The molecule has 0 aliphatic rings. The molecule has 0 bridgehead atoms. The molecule has 0 aliphatic carbocycles. The minimum atomic E-state index is -0.917. The second-order valence-corrected chi connectivity index (χ2v) is 4.00. The molecule has 0 spiro atoms. The number of aliphatic carboxylic acids is 1. The second-order valence-electron chi connectivity index (χ2n) is 4.00. The van der Waals surface area contributed by atoms with E-state index in [4.69, 9.17) is 5.11 Å². The summed E-state index contributed by atoms with van der Waals surface area (Å²) in [5.74, 6) is -0.917. The van der Waals surface area contributed by atoms with Crippen LogP contribution in [0.5, 0.6) is 0 Å². The van der Waals surface area contributed by atoms with Crippen molar-refractivity contribution in [3.05, 3.63) is 34.4 Å². The number of para-hydroxylation sites is 2. The first-order chi connectivity index (χ1) is 8.54. The predicted molar refractivity (Wildman–Crippen MR) is 67.7 cm³/mol. The van der Waals surface area contributed by atoms with Crippen molar-refractivity contribution in [1.29, 1.82) is 0 Å². The average molecular weight is 252 g/mol. The third-order valence-electron chi connectivity index (χ3n) is 2.52. The van der Waals surface area contributed by atoms with Gasteiger partial charge in [-0.1, -0.05) is 25.5 Å². The molecule has 0 aliphatic heterocycles. The van der Waals surface area contributed by atoms with E-state index in [9.17, 15) is 14.9 Å². The van der Waals surface area contributed by atoms with Crippen LogP contribution in [0, 0.1) is 10.1 Å². The van der Waals surface area contributed by atoms with Crippen molar-refractivity contribution in [2.75, 3.05) is 5.32 Å². The Morgan fingerprint density at radius 2 is 2.17 bits per heavy atom. The number of carboxylic acid groups (broad SMARTS) is 1. The van der Waals surface area contributed by atoms with Gasteiger partial charge in [0.05, 0.1) is 11.3 Å². The van der Waals surface area contributed by atoms with Gasteiger partial charge in [0, 0.05) is 12.1 Å². The van der Waals surface area contributed by atoms with Crippen molar-refractivity contribution in [1.82, 2.24) is 0 Å². The molecule has 0 radical (unpaired) electrons. The van der Waals surface area contributed by atoms with E-state index >= 15 is 0 Å². The smallest absolute Gasteiger partial charge is 0.305 e. The lowest BCUT2D eigenvalue weighted by Crippen LogP contribution is -2.23. The zero-order chi connectivity index (χ0) is 13.5. The normalized spacial score (nSPS) is 11.8. The molecule has 6 heteroatoms. The number of hydrogen-bond donors (Lipinski definition) is 2. The number of carboxylic acids is 1. The van der Waals surface area contributed by atoms with Crippen LogP contribution in [-0.4, -0.2) is 22.0 Å². The Morgan fingerprint density at radius 3 is 2.72 bits per heavy atom. The molecule has 2 N–H and O–H groups in total. The number of nitro groups is 1. The number of nitrogens with one attached hydrogen (secondary N) is 1. The van der Waals surface area contributed by atoms with E-state index in [0.717, 1.165) is 6.42 Å². The minimum Gasteiger partial charge on any atom is -0.481 e. The molecule has 1 aromatic carbocycles. The zero-order valence-electron chi connectivity index (χ0n) is 10.1. The van der Waals surface area contributed by atoms with Gasteiger partial charge in [-0.25, -0.2) is 0 Å². The van der Waals surface area contributed by atoms with E-state index in [1.807, 2.05) is 6.92 Å². The van der Waals surface area contributed by atoms with E-state index in [2.05, 4.69) is 5.32 Å². The van der Waals surface area contributed by atoms with Gasteiger partial charge in [0.15, 0.2) is 0 Å². The first-order valence-electron chi connectivity index (χ1n) is 5.76. The first kappa shape index (κ1) is 14.0. The lowest BCUT2D eigenvalue weighted by Gasteiger charge is -2.17. The monoisotopic (exact) mass is 252 g/mol. The average Bonchev–Trinajstić information content (AvgIpc) is 2.28. The molecule has 0 heterocycles. The van der Waals surface area contributed by atoms with Crippen molar-refractivity contribution in [3.63, 3.8) is 0 Å². The van der Waals surface area contributed by atoms with Gasteiger partial charge in [-0.3, -0.25) is 14.9 Å². The molecule has 18 heavy (non-hydrogen) atoms. The Kier molecular flexibility index (Phi) is 5.10. The summed E-state index contributed by atoms with van der Waals surface area (Å²) >= 11 is 0. The number of anilines is 1. The highest BCUT2D eigenvalue weighted by Gasteiger charge is 2.17. The summed E-state index contributed by atoms with van der Waals surface area (Å²) in [7, 11) is 0. The summed E-state index contributed by atoms with van der Waals surface area (Å²) in [6.07, 6.45) is 1.41. The Labute approximate surface area is 105 Å². The van der Waals surface area contributed by atoms with E-state index in [0.29, 0.717) is 12.1 Å². The van der Waals surface area contributed by atoms with Gasteiger partial charge < -0.3 is 10.4 Å². The molecule has 1 atom stereocenters. The highest BCUT2D eigenvalue weighted by Crippen LogP contribution is 2.25.